The van der Waals surface area contributed by atoms with Gasteiger partial charge < -0.3 is 20.7 Å². The molecule has 0 aromatic carbocycles. The normalized spacial score (nSPS) is 18.4. The number of carbonyl (C=O) groups excluding carboxylic acids is 1. The van der Waals surface area contributed by atoms with Crippen LogP contribution in [-0.2, 0) is 4.74 Å². The first-order valence-corrected chi connectivity index (χ1v) is 7.63. The Hall–Kier alpha value is -1.76. The monoisotopic (exact) mass is 327 g/mol. The molecule has 0 aliphatic carbocycles. The number of hydrogen-bond acceptors (Lipinski definition) is 6. The van der Waals surface area contributed by atoms with E-state index in [1.54, 1.807) is 11.0 Å². The van der Waals surface area contributed by atoms with E-state index >= 15 is 0 Å². The number of nitrogens with one attached hydrogen (secondary N) is 1. The van der Waals surface area contributed by atoms with E-state index in [9.17, 15) is 4.79 Å². The van der Waals surface area contributed by atoms with Crippen LogP contribution in [0, 0.1) is 5.92 Å². The van der Waals surface area contributed by atoms with Crippen molar-refractivity contribution in [3.63, 3.8) is 0 Å². The van der Waals surface area contributed by atoms with Crippen molar-refractivity contribution in [3.05, 3.63) is 11.2 Å². The van der Waals surface area contributed by atoms with Crippen molar-refractivity contribution in [2.24, 2.45) is 5.92 Å². The van der Waals surface area contributed by atoms with E-state index in [0.717, 1.165) is 6.42 Å². The Morgan fingerprint density at radius 3 is 2.91 bits per heavy atom. The molecule has 0 spiro atoms. The summed E-state index contributed by atoms with van der Waals surface area (Å²) >= 11 is 5.71. The molecule has 1 aromatic heterocycles. The second kappa shape index (κ2) is 6.56. The van der Waals surface area contributed by atoms with Crippen LogP contribution in [0.4, 0.5) is 16.3 Å². The number of ether oxygens (including phenoxy) is 1. The molecular formula is C14H22ClN5O2. The predicted molar refractivity (Wildman–Crippen MR) is 85.9 cm³/mol. The van der Waals surface area contributed by atoms with Gasteiger partial charge in [-0.15, -0.1) is 10.2 Å². The summed E-state index contributed by atoms with van der Waals surface area (Å²) in [4.78, 5) is 13.7. The molecule has 2 heterocycles. The molecule has 8 heteroatoms. The maximum atomic E-state index is 12.0. The Balaban J connectivity index is 1.82. The highest BCUT2D eigenvalue weighted by atomic mass is 35.5. The minimum absolute atomic E-state index is 0.263. The zero-order valence-corrected chi connectivity index (χ0v) is 13.9. The number of hydrogen-bond donors (Lipinski definition) is 2. The summed E-state index contributed by atoms with van der Waals surface area (Å²) < 4.78 is 5.37. The van der Waals surface area contributed by atoms with Crippen LogP contribution >= 0.6 is 11.6 Å². The van der Waals surface area contributed by atoms with Crippen LogP contribution < -0.4 is 11.1 Å². The summed E-state index contributed by atoms with van der Waals surface area (Å²) in [6, 6.07) is 1.55. The van der Waals surface area contributed by atoms with Gasteiger partial charge in [-0.3, -0.25) is 0 Å². The molecule has 0 saturated carbocycles. The molecule has 1 aromatic rings. The molecule has 2 rings (SSSR count). The first-order chi connectivity index (χ1) is 10.2. The van der Waals surface area contributed by atoms with Crippen LogP contribution in [0.2, 0.25) is 5.15 Å². The van der Waals surface area contributed by atoms with Gasteiger partial charge in [0, 0.05) is 25.7 Å². The zero-order chi connectivity index (χ0) is 16.3. The van der Waals surface area contributed by atoms with Crippen LogP contribution in [0.1, 0.15) is 27.2 Å². The van der Waals surface area contributed by atoms with Crippen molar-refractivity contribution in [3.8, 4) is 0 Å². The Kier molecular flexibility index (Phi) is 4.95. The topological polar surface area (TPSA) is 93.4 Å². The third-order valence-electron chi connectivity index (χ3n) is 3.29. The molecule has 1 amide bonds. The van der Waals surface area contributed by atoms with E-state index in [1.807, 2.05) is 20.8 Å². The molecule has 3 N–H and O–H groups in total. The van der Waals surface area contributed by atoms with Crippen molar-refractivity contribution < 1.29 is 9.53 Å². The fraction of sp³-hybridized carbons (Fsp3) is 0.643. The molecule has 0 unspecified atom stereocenters. The molecule has 22 heavy (non-hydrogen) atoms. The molecule has 1 atom stereocenters. The van der Waals surface area contributed by atoms with E-state index in [1.165, 1.54) is 0 Å². The molecule has 7 nitrogen and oxygen atoms in total. The van der Waals surface area contributed by atoms with Gasteiger partial charge in [0.2, 0.25) is 0 Å². The van der Waals surface area contributed by atoms with E-state index < -0.39 is 5.60 Å². The van der Waals surface area contributed by atoms with Gasteiger partial charge >= 0.3 is 6.09 Å². The fourth-order valence-electron chi connectivity index (χ4n) is 2.25. The lowest BCUT2D eigenvalue weighted by Gasteiger charge is -2.24. The average molecular weight is 328 g/mol. The number of rotatable bonds is 3. The van der Waals surface area contributed by atoms with Crippen molar-refractivity contribution in [1.29, 1.82) is 0 Å². The third-order valence-corrected chi connectivity index (χ3v) is 3.47. The number of nitrogens with zero attached hydrogens (tertiary/aromatic N) is 3. The van der Waals surface area contributed by atoms with Gasteiger partial charge in [0.15, 0.2) is 11.0 Å². The molecule has 1 aliphatic heterocycles. The van der Waals surface area contributed by atoms with E-state index in [4.69, 9.17) is 22.1 Å². The fourth-order valence-corrected chi connectivity index (χ4v) is 2.41. The second-order valence-electron chi connectivity index (χ2n) is 6.43. The maximum absolute atomic E-state index is 12.0. The van der Waals surface area contributed by atoms with Gasteiger partial charge in [0.1, 0.15) is 5.60 Å². The van der Waals surface area contributed by atoms with Crippen LogP contribution in [0.15, 0.2) is 6.07 Å². The smallest absolute Gasteiger partial charge is 0.410 e. The Morgan fingerprint density at radius 1 is 1.55 bits per heavy atom. The number of anilines is 2. The molecule has 122 valence electrons. The summed E-state index contributed by atoms with van der Waals surface area (Å²) in [5, 5.41) is 11.1. The van der Waals surface area contributed by atoms with Gasteiger partial charge in [0.05, 0.1) is 5.69 Å². The minimum atomic E-state index is -0.471. The summed E-state index contributed by atoms with van der Waals surface area (Å²) in [7, 11) is 0. The van der Waals surface area contributed by atoms with Crippen LogP contribution in [0.5, 0.6) is 0 Å². The van der Waals surface area contributed by atoms with Crippen LogP contribution in [-0.4, -0.2) is 46.4 Å². The largest absolute Gasteiger partial charge is 0.444 e. The van der Waals surface area contributed by atoms with Crippen molar-refractivity contribution >= 4 is 29.2 Å². The average Bonchev–Trinajstić information content (AvgIpc) is 2.84. The summed E-state index contributed by atoms with van der Waals surface area (Å²) in [6.07, 6.45) is 0.647. The molecule has 0 radical (unpaired) electrons. The summed E-state index contributed by atoms with van der Waals surface area (Å²) in [5.41, 5.74) is 5.81. The van der Waals surface area contributed by atoms with Crippen LogP contribution in [0.25, 0.3) is 0 Å². The van der Waals surface area contributed by atoms with Gasteiger partial charge in [-0.2, -0.15) is 0 Å². The number of aromatic nitrogens is 2. The lowest BCUT2D eigenvalue weighted by Crippen LogP contribution is -2.35. The van der Waals surface area contributed by atoms with E-state index in [0.29, 0.717) is 37.1 Å². The highest BCUT2D eigenvalue weighted by Gasteiger charge is 2.29. The first kappa shape index (κ1) is 16.6. The van der Waals surface area contributed by atoms with Gasteiger partial charge in [0.25, 0.3) is 0 Å². The minimum Gasteiger partial charge on any atom is -0.444 e. The van der Waals surface area contributed by atoms with Gasteiger partial charge in [-0.1, -0.05) is 11.6 Å². The van der Waals surface area contributed by atoms with E-state index in [-0.39, 0.29) is 11.2 Å². The van der Waals surface area contributed by atoms with Crippen molar-refractivity contribution in [1.82, 2.24) is 15.1 Å². The van der Waals surface area contributed by atoms with Crippen LogP contribution in [0.3, 0.4) is 0 Å². The predicted octanol–water partition coefficient (Wildman–Crippen LogP) is 2.38. The number of carbonyl (C=O) groups is 1. The highest BCUT2D eigenvalue weighted by Crippen LogP contribution is 2.22. The number of nitrogens with two attached hydrogens (primary N) is 1. The third kappa shape index (κ3) is 4.62. The Labute approximate surface area is 135 Å². The molecular weight excluding hydrogens is 306 g/mol. The molecule has 1 saturated heterocycles. The summed E-state index contributed by atoms with van der Waals surface area (Å²) in [5.74, 6) is 0.838. The number of amides is 1. The number of halogens is 1. The van der Waals surface area contributed by atoms with E-state index in [2.05, 4.69) is 15.5 Å². The standard InChI is InChI=1S/C14H22ClN5O2/c1-14(2,3)22-13(21)20-5-4-9(8-20)7-17-12-10(16)6-11(15)18-19-12/h6,9H,4-5,7-8H2,1-3H3,(H2,16,18)(H,17,19)/t9-/m1/s1. The number of nitrogen functional groups attached to an aromatic ring is 1. The lowest BCUT2D eigenvalue weighted by molar-refractivity contribution is 0.0289. The lowest BCUT2D eigenvalue weighted by atomic mass is 10.1. The zero-order valence-electron chi connectivity index (χ0n) is 13.1. The van der Waals surface area contributed by atoms with Gasteiger partial charge in [-0.05, 0) is 33.1 Å². The first-order valence-electron chi connectivity index (χ1n) is 7.25. The van der Waals surface area contributed by atoms with Gasteiger partial charge in [-0.25, -0.2) is 4.79 Å². The Bertz CT molecular complexity index is 547. The highest BCUT2D eigenvalue weighted by molar-refractivity contribution is 6.29. The summed E-state index contributed by atoms with van der Waals surface area (Å²) in [6.45, 7) is 7.61. The maximum Gasteiger partial charge on any atom is 0.410 e. The molecule has 0 bridgehead atoms. The van der Waals surface area contributed by atoms with Crippen molar-refractivity contribution in [2.45, 2.75) is 32.8 Å². The van der Waals surface area contributed by atoms with Crippen molar-refractivity contribution in [2.75, 3.05) is 30.7 Å². The molecule has 1 fully saturated rings. The Morgan fingerprint density at radius 2 is 2.27 bits per heavy atom. The number of likely N-dealkylation sites (tertiary alicyclic amines) is 1. The molecule has 1 aliphatic rings. The quantitative estimate of drug-likeness (QED) is 0.885. The SMILES string of the molecule is CC(C)(C)OC(=O)N1CC[C@H](CNc2nnc(Cl)cc2N)C1. The second-order valence-corrected chi connectivity index (χ2v) is 6.82.